The second-order valence-corrected chi connectivity index (χ2v) is 10.5. The van der Waals surface area contributed by atoms with Gasteiger partial charge in [-0.05, 0) is 42.4 Å². The van der Waals surface area contributed by atoms with E-state index >= 15 is 0 Å². The molecule has 0 saturated heterocycles. The van der Waals surface area contributed by atoms with E-state index in [9.17, 15) is 14.4 Å². The van der Waals surface area contributed by atoms with Gasteiger partial charge in [0.1, 0.15) is 16.4 Å². The van der Waals surface area contributed by atoms with Crippen LogP contribution in [0.3, 0.4) is 0 Å². The largest absolute Gasteiger partial charge is 0.366 e. The summed E-state index contributed by atoms with van der Waals surface area (Å²) in [7, 11) is 0. The Bertz CT molecular complexity index is 1440. The summed E-state index contributed by atoms with van der Waals surface area (Å²) in [6.45, 7) is 2.02. The van der Waals surface area contributed by atoms with Crippen LogP contribution in [-0.4, -0.2) is 21.4 Å². The lowest BCUT2D eigenvalue weighted by molar-refractivity contribution is -0.116. The summed E-state index contributed by atoms with van der Waals surface area (Å²) in [5, 5.41) is 3.77. The molecule has 4 aromatic rings. The predicted molar refractivity (Wildman–Crippen MR) is 132 cm³/mol. The van der Waals surface area contributed by atoms with Crippen LogP contribution < -0.4 is 16.6 Å². The number of nitrogens with zero attached hydrogens (tertiary/aromatic N) is 2. The lowest BCUT2D eigenvalue weighted by Crippen LogP contribution is -2.28. The van der Waals surface area contributed by atoms with E-state index in [1.165, 1.54) is 27.1 Å². The lowest BCUT2D eigenvalue weighted by atomic mass is 9.89. The number of primary amides is 1. The Morgan fingerprint density at radius 1 is 1.24 bits per heavy atom. The number of hydrogen-bond acceptors (Lipinski definition) is 6. The number of amides is 2. The second-order valence-electron chi connectivity index (χ2n) is 8.34. The van der Waals surface area contributed by atoms with Crippen molar-refractivity contribution in [3.8, 4) is 10.4 Å². The van der Waals surface area contributed by atoms with Crippen molar-refractivity contribution < 1.29 is 9.59 Å². The zero-order valence-electron chi connectivity index (χ0n) is 18.0. The van der Waals surface area contributed by atoms with Gasteiger partial charge in [0.05, 0.1) is 17.3 Å². The van der Waals surface area contributed by atoms with Gasteiger partial charge in [-0.2, -0.15) is 0 Å². The molecule has 0 spiro atoms. The minimum atomic E-state index is -0.622. The molecule has 0 fully saturated rings. The predicted octanol–water partition coefficient (Wildman–Crippen LogP) is 4.05. The first-order chi connectivity index (χ1) is 15.9. The van der Waals surface area contributed by atoms with Crippen LogP contribution in [0.5, 0.6) is 0 Å². The summed E-state index contributed by atoms with van der Waals surface area (Å²) in [5.74, 6) is -0.437. The first-order valence-electron chi connectivity index (χ1n) is 10.7. The van der Waals surface area contributed by atoms with E-state index in [2.05, 4.69) is 17.2 Å². The molecular formula is C24H22N4O3S2. The van der Waals surface area contributed by atoms with Gasteiger partial charge in [-0.15, -0.1) is 22.7 Å². The summed E-state index contributed by atoms with van der Waals surface area (Å²) in [6.07, 6.45) is 4.30. The topological polar surface area (TPSA) is 107 Å². The number of carbonyl (C=O) groups excluding carboxylic acids is 2. The highest BCUT2D eigenvalue weighted by atomic mass is 32.1. The monoisotopic (exact) mass is 478 g/mol. The number of hydrogen-bond donors (Lipinski definition) is 2. The van der Waals surface area contributed by atoms with Gasteiger partial charge in [0.25, 0.3) is 11.5 Å². The van der Waals surface area contributed by atoms with Crippen LogP contribution in [0, 0.1) is 5.92 Å². The minimum Gasteiger partial charge on any atom is -0.366 e. The maximum atomic E-state index is 13.2. The molecule has 5 rings (SSSR count). The maximum absolute atomic E-state index is 13.2. The van der Waals surface area contributed by atoms with Crippen LogP contribution in [0.15, 0.2) is 47.5 Å². The Morgan fingerprint density at radius 2 is 2.03 bits per heavy atom. The van der Waals surface area contributed by atoms with Crippen molar-refractivity contribution in [2.24, 2.45) is 11.7 Å². The number of aryl methyl sites for hydroxylation is 1. The van der Waals surface area contributed by atoms with Crippen LogP contribution in [0.2, 0.25) is 0 Å². The Labute approximate surface area is 197 Å². The number of thiophene rings is 2. The lowest BCUT2D eigenvalue weighted by Gasteiger charge is -2.17. The Kier molecular flexibility index (Phi) is 5.59. The molecule has 0 radical (unpaired) electrons. The van der Waals surface area contributed by atoms with Gasteiger partial charge in [0, 0.05) is 9.75 Å². The third kappa shape index (κ3) is 4.09. The molecule has 0 aliphatic heterocycles. The van der Waals surface area contributed by atoms with Gasteiger partial charge in [0.15, 0.2) is 0 Å². The van der Waals surface area contributed by atoms with Gasteiger partial charge < -0.3 is 11.1 Å². The molecule has 1 aliphatic carbocycles. The molecule has 1 aliphatic rings. The average Bonchev–Trinajstić information content (AvgIpc) is 3.37. The van der Waals surface area contributed by atoms with Crippen LogP contribution in [0.4, 0.5) is 5.00 Å². The number of nitrogens with one attached hydrogen (secondary N) is 1. The molecule has 1 aromatic carbocycles. The van der Waals surface area contributed by atoms with Crippen LogP contribution in [0.1, 0.15) is 34.1 Å². The van der Waals surface area contributed by atoms with E-state index in [1.54, 1.807) is 17.4 Å². The van der Waals surface area contributed by atoms with Crippen LogP contribution in [0.25, 0.3) is 20.7 Å². The van der Waals surface area contributed by atoms with Gasteiger partial charge in [-0.1, -0.05) is 37.3 Å². The van der Waals surface area contributed by atoms with E-state index in [1.807, 2.05) is 30.3 Å². The smallest absolute Gasteiger partial charge is 0.262 e. The minimum absolute atomic E-state index is 0.195. The molecule has 168 valence electrons. The number of fused-ring (bicyclic) bond motifs is 3. The van der Waals surface area contributed by atoms with Crippen molar-refractivity contribution in [1.29, 1.82) is 0 Å². The molecule has 0 saturated carbocycles. The number of aromatic nitrogens is 2. The third-order valence-corrected chi connectivity index (χ3v) is 8.17. The normalized spacial score (nSPS) is 15.4. The summed E-state index contributed by atoms with van der Waals surface area (Å²) in [6, 6.07) is 11.2. The summed E-state index contributed by atoms with van der Waals surface area (Å²) in [5.41, 5.74) is 7.59. The van der Waals surface area contributed by atoms with E-state index in [0.717, 1.165) is 40.1 Å². The number of benzene rings is 1. The van der Waals surface area contributed by atoms with E-state index in [-0.39, 0.29) is 17.7 Å². The van der Waals surface area contributed by atoms with Crippen molar-refractivity contribution in [2.45, 2.75) is 32.7 Å². The van der Waals surface area contributed by atoms with Crippen LogP contribution in [-0.2, 0) is 24.2 Å². The van der Waals surface area contributed by atoms with Gasteiger partial charge in [-0.3, -0.25) is 19.0 Å². The number of rotatable bonds is 5. The highest BCUT2D eigenvalue weighted by Gasteiger charge is 2.24. The fourth-order valence-corrected chi connectivity index (χ4v) is 6.64. The molecule has 9 heteroatoms. The number of nitrogens with two attached hydrogens (primary N) is 1. The van der Waals surface area contributed by atoms with E-state index < -0.39 is 11.8 Å². The average molecular weight is 479 g/mol. The molecular weight excluding hydrogens is 456 g/mol. The molecule has 0 unspecified atom stereocenters. The van der Waals surface area contributed by atoms with Crippen molar-refractivity contribution >= 4 is 49.7 Å². The number of carbonyl (C=O) groups is 2. The second kappa shape index (κ2) is 8.57. The summed E-state index contributed by atoms with van der Waals surface area (Å²) >= 11 is 2.85. The quantitative estimate of drug-likeness (QED) is 0.451. The maximum Gasteiger partial charge on any atom is 0.262 e. The van der Waals surface area contributed by atoms with Crippen LogP contribution >= 0.6 is 22.7 Å². The molecule has 33 heavy (non-hydrogen) atoms. The van der Waals surface area contributed by atoms with E-state index in [4.69, 9.17) is 5.73 Å². The number of anilines is 1. The van der Waals surface area contributed by atoms with Gasteiger partial charge in [-0.25, -0.2) is 4.98 Å². The third-order valence-electron chi connectivity index (χ3n) is 5.90. The Morgan fingerprint density at radius 3 is 2.79 bits per heavy atom. The SMILES string of the molecule is C[C@@H]1CCc2c(sc3ncn(CC(=O)Nc4sc(-c5ccccc5)cc4C(N)=O)c(=O)c23)C1. The van der Waals surface area contributed by atoms with E-state index in [0.29, 0.717) is 16.3 Å². The zero-order chi connectivity index (χ0) is 23.1. The van der Waals surface area contributed by atoms with Gasteiger partial charge in [0.2, 0.25) is 5.91 Å². The van der Waals surface area contributed by atoms with Crippen molar-refractivity contribution in [2.75, 3.05) is 5.32 Å². The molecule has 7 nitrogen and oxygen atoms in total. The highest BCUT2D eigenvalue weighted by Crippen LogP contribution is 2.36. The fourth-order valence-electron chi connectivity index (χ4n) is 4.21. The first-order valence-corrected chi connectivity index (χ1v) is 12.3. The molecule has 2 amide bonds. The summed E-state index contributed by atoms with van der Waals surface area (Å²) < 4.78 is 1.33. The first kappa shape index (κ1) is 21.5. The molecule has 3 heterocycles. The summed E-state index contributed by atoms with van der Waals surface area (Å²) in [4.78, 5) is 45.2. The fraction of sp³-hybridized carbons (Fsp3) is 0.250. The van der Waals surface area contributed by atoms with Crippen molar-refractivity contribution in [3.05, 3.63) is 69.1 Å². The van der Waals surface area contributed by atoms with Gasteiger partial charge >= 0.3 is 0 Å². The highest BCUT2D eigenvalue weighted by molar-refractivity contribution is 7.20. The molecule has 0 bridgehead atoms. The molecule has 3 N–H and O–H groups in total. The molecule has 3 aromatic heterocycles. The van der Waals surface area contributed by atoms with Crippen molar-refractivity contribution in [1.82, 2.24) is 9.55 Å². The van der Waals surface area contributed by atoms with Crippen molar-refractivity contribution in [3.63, 3.8) is 0 Å². The molecule has 1 atom stereocenters. The Balaban J connectivity index is 1.42. The zero-order valence-corrected chi connectivity index (χ0v) is 19.6. The standard InChI is InChI=1S/C24H22N4O3S2/c1-13-7-8-15-18(9-13)33-23-20(15)24(31)28(12-26-23)11-19(29)27-22-16(21(25)30)10-17(32-22)14-5-3-2-4-6-14/h2-6,10,12-13H,7-9,11H2,1H3,(H2,25,30)(H,27,29)/t13-/m1/s1. The Hall–Kier alpha value is -3.30.